The molecule has 0 fully saturated rings. The van der Waals surface area contributed by atoms with Crippen molar-refractivity contribution in [1.82, 2.24) is 5.32 Å². The normalized spacial score (nSPS) is 16.2. The van der Waals surface area contributed by atoms with Crippen molar-refractivity contribution >= 4 is 50.7 Å². The molecule has 9 heteroatoms. The summed E-state index contributed by atoms with van der Waals surface area (Å²) in [4.78, 5) is 25.5. The highest BCUT2D eigenvalue weighted by Gasteiger charge is 2.29. The van der Waals surface area contributed by atoms with Gasteiger partial charge in [-0.15, -0.1) is 11.8 Å². The van der Waals surface area contributed by atoms with Gasteiger partial charge in [-0.05, 0) is 36.8 Å². The fraction of sp³-hybridized carbons (Fsp3) is 0.263. The van der Waals surface area contributed by atoms with Crippen molar-refractivity contribution in [3.8, 4) is 0 Å². The fourth-order valence-electron chi connectivity index (χ4n) is 2.73. The van der Waals surface area contributed by atoms with Crippen LogP contribution in [0.15, 0.2) is 58.3 Å². The third-order valence-electron chi connectivity index (χ3n) is 4.15. The van der Waals surface area contributed by atoms with Crippen LogP contribution < -0.4 is 10.6 Å². The van der Waals surface area contributed by atoms with Crippen molar-refractivity contribution in [2.24, 2.45) is 0 Å². The Balaban J connectivity index is 1.46. The van der Waals surface area contributed by atoms with Gasteiger partial charge in [-0.2, -0.15) is 0 Å². The molecule has 1 atom stereocenters. The molecule has 0 aliphatic carbocycles. The Kier molecular flexibility index (Phi) is 6.64. The number of hydrogen-bond donors (Lipinski definition) is 2. The number of anilines is 1. The zero-order valence-corrected chi connectivity index (χ0v) is 17.2. The number of nitrogens with one attached hydrogen (secondary N) is 2. The van der Waals surface area contributed by atoms with E-state index in [0.717, 1.165) is 4.90 Å². The number of hydrogen-bond acceptors (Lipinski definition) is 5. The number of sulfone groups is 1. The van der Waals surface area contributed by atoms with Crippen LogP contribution in [0, 0.1) is 0 Å². The average molecular weight is 439 g/mol. The van der Waals surface area contributed by atoms with Gasteiger partial charge in [0.15, 0.2) is 9.84 Å². The van der Waals surface area contributed by atoms with Gasteiger partial charge in [0.25, 0.3) is 0 Å². The first kappa shape index (κ1) is 20.7. The monoisotopic (exact) mass is 438 g/mol. The van der Waals surface area contributed by atoms with Gasteiger partial charge in [-0.3, -0.25) is 9.59 Å². The van der Waals surface area contributed by atoms with E-state index in [1.165, 1.54) is 11.8 Å². The van der Waals surface area contributed by atoms with Crippen LogP contribution >= 0.6 is 23.4 Å². The highest BCUT2D eigenvalue weighted by molar-refractivity contribution is 8.01. The van der Waals surface area contributed by atoms with Crippen molar-refractivity contribution in [3.63, 3.8) is 0 Å². The number of fused-ring (bicyclic) bond motifs is 1. The molecular weight excluding hydrogens is 420 g/mol. The van der Waals surface area contributed by atoms with E-state index >= 15 is 0 Å². The molecule has 1 heterocycles. The Morgan fingerprint density at radius 1 is 1.18 bits per heavy atom. The second-order valence-corrected chi connectivity index (χ2v) is 10.1. The molecule has 2 aromatic carbocycles. The minimum atomic E-state index is -3.36. The Hall–Kier alpha value is -2.03. The van der Waals surface area contributed by atoms with E-state index in [1.807, 2.05) is 0 Å². The SMILES string of the molecule is O=C(CC1Sc2ccc(Cl)cc2NC1=O)NCCCS(=O)(=O)c1ccccc1. The van der Waals surface area contributed by atoms with Crippen molar-refractivity contribution in [3.05, 3.63) is 53.6 Å². The van der Waals surface area contributed by atoms with Crippen LogP contribution in [0.4, 0.5) is 5.69 Å². The molecule has 6 nitrogen and oxygen atoms in total. The molecule has 0 aromatic heterocycles. The van der Waals surface area contributed by atoms with Crippen LogP contribution in [0.2, 0.25) is 5.02 Å². The van der Waals surface area contributed by atoms with E-state index in [9.17, 15) is 18.0 Å². The number of amides is 2. The van der Waals surface area contributed by atoms with E-state index in [0.29, 0.717) is 17.1 Å². The van der Waals surface area contributed by atoms with Crippen LogP contribution in [0.25, 0.3) is 0 Å². The van der Waals surface area contributed by atoms with Gasteiger partial charge < -0.3 is 10.6 Å². The molecule has 1 aliphatic heterocycles. The maximum atomic E-state index is 12.2. The van der Waals surface area contributed by atoms with Crippen molar-refractivity contribution < 1.29 is 18.0 Å². The van der Waals surface area contributed by atoms with Crippen LogP contribution in [-0.4, -0.2) is 37.8 Å². The van der Waals surface area contributed by atoms with E-state index in [-0.39, 0.29) is 35.4 Å². The lowest BCUT2D eigenvalue weighted by Crippen LogP contribution is -2.35. The van der Waals surface area contributed by atoms with Gasteiger partial charge in [-0.25, -0.2) is 8.42 Å². The van der Waals surface area contributed by atoms with Gasteiger partial charge in [-0.1, -0.05) is 29.8 Å². The van der Waals surface area contributed by atoms with Gasteiger partial charge in [0, 0.05) is 22.9 Å². The molecule has 1 aliphatic rings. The van der Waals surface area contributed by atoms with E-state index in [2.05, 4.69) is 10.6 Å². The Morgan fingerprint density at radius 2 is 1.93 bits per heavy atom. The molecule has 2 N–H and O–H groups in total. The second-order valence-electron chi connectivity index (χ2n) is 6.28. The minimum Gasteiger partial charge on any atom is -0.356 e. The number of halogens is 1. The summed E-state index contributed by atoms with van der Waals surface area (Å²) in [5.41, 5.74) is 0.644. The largest absolute Gasteiger partial charge is 0.356 e. The first-order valence-corrected chi connectivity index (χ1v) is 11.6. The molecule has 0 saturated heterocycles. The number of benzene rings is 2. The molecule has 2 aromatic rings. The quantitative estimate of drug-likeness (QED) is 0.648. The van der Waals surface area contributed by atoms with Gasteiger partial charge in [0.05, 0.1) is 21.6 Å². The number of carbonyl (C=O) groups excluding carboxylic acids is 2. The molecule has 28 heavy (non-hydrogen) atoms. The van der Waals surface area contributed by atoms with E-state index < -0.39 is 15.1 Å². The highest BCUT2D eigenvalue weighted by atomic mass is 35.5. The van der Waals surface area contributed by atoms with Gasteiger partial charge >= 0.3 is 0 Å². The first-order chi connectivity index (χ1) is 13.3. The number of thioether (sulfide) groups is 1. The molecule has 3 rings (SSSR count). The summed E-state index contributed by atoms with van der Waals surface area (Å²) in [6, 6.07) is 13.4. The van der Waals surface area contributed by atoms with Gasteiger partial charge in [0.2, 0.25) is 11.8 Å². The lowest BCUT2D eigenvalue weighted by molar-refractivity contribution is -0.124. The van der Waals surface area contributed by atoms with Crippen molar-refractivity contribution in [2.75, 3.05) is 17.6 Å². The summed E-state index contributed by atoms with van der Waals surface area (Å²) in [6.45, 7) is 0.232. The second kappa shape index (κ2) is 8.98. The standard InChI is InChI=1S/C19H19ClN2O4S2/c20-13-7-8-16-15(11-13)22-19(24)17(27-16)12-18(23)21-9-4-10-28(25,26)14-5-2-1-3-6-14/h1-3,5-8,11,17H,4,9-10,12H2,(H,21,23)(H,22,24). The summed E-state index contributed by atoms with van der Waals surface area (Å²) in [5.74, 6) is -0.590. The molecular formula is C19H19ClN2O4S2. The average Bonchev–Trinajstić information content (AvgIpc) is 2.67. The predicted molar refractivity (Wildman–Crippen MR) is 110 cm³/mol. The number of carbonyl (C=O) groups is 2. The topological polar surface area (TPSA) is 92.3 Å². The van der Waals surface area contributed by atoms with E-state index in [1.54, 1.807) is 48.5 Å². The molecule has 0 saturated carbocycles. The van der Waals surface area contributed by atoms with E-state index in [4.69, 9.17) is 11.6 Å². The summed E-state index contributed by atoms with van der Waals surface area (Å²) < 4.78 is 24.4. The van der Waals surface area contributed by atoms with Crippen LogP contribution in [0.1, 0.15) is 12.8 Å². The molecule has 148 valence electrons. The zero-order chi connectivity index (χ0) is 20.1. The summed E-state index contributed by atoms with van der Waals surface area (Å²) in [5, 5.41) is 5.44. The zero-order valence-electron chi connectivity index (χ0n) is 14.9. The fourth-order valence-corrected chi connectivity index (χ4v) is 5.33. The lowest BCUT2D eigenvalue weighted by Gasteiger charge is -2.23. The molecule has 0 spiro atoms. The van der Waals surface area contributed by atoms with Crippen LogP contribution in [-0.2, 0) is 19.4 Å². The smallest absolute Gasteiger partial charge is 0.238 e. The summed E-state index contributed by atoms with van der Waals surface area (Å²) in [6.07, 6.45) is 0.318. The summed E-state index contributed by atoms with van der Waals surface area (Å²) >= 11 is 7.24. The summed E-state index contributed by atoms with van der Waals surface area (Å²) in [7, 11) is -3.36. The van der Waals surface area contributed by atoms with Gasteiger partial charge in [0.1, 0.15) is 0 Å². The maximum Gasteiger partial charge on any atom is 0.238 e. The maximum absolute atomic E-state index is 12.2. The molecule has 1 unspecified atom stereocenters. The molecule has 2 amide bonds. The molecule has 0 radical (unpaired) electrons. The molecule has 0 bridgehead atoms. The minimum absolute atomic E-state index is 0.0179. The highest BCUT2D eigenvalue weighted by Crippen LogP contribution is 2.38. The predicted octanol–water partition coefficient (Wildman–Crippen LogP) is 3.12. The van der Waals surface area contributed by atoms with Crippen molar-refractivity contribution in [1.29, 1.82) is 0 Å². The third kappa shape index (κ3) is 5.27. The third-order valence-corrected chi connectivity index (χ3v) is 7.47. The van der Waals surface area contributed by atoms with Crippen LogP contribution in [0.3, 0.4) is 0 Å². The Labute approximate surface area is 173 Å². The Bertz CT molecular complexity index is 981. The van der Waals surface area contributed by atoms with Crippen LogP contribution in [0.5, 0.6) is 0 Å². The Morgan fingerprint density at radius 3 is 2.68 bits per heavy atom. The lowest BCUT2D eigenvalue weighted by atomic mass is 10.2. The van der Waals surface area contributed by atoms with Crippen molar-refractivity contribution in [2.45, 2.75) is 27.9 Å². The number of rotatable bonds is 7. The first-order valence-electron chi connectivity index (χ1n) is 8.67.